The topological polar surface area (TPSA) is 49.7 Å². The van der Waals surface area contributed by atoms with E-state index in [-0.39, 0.29) is 17.2 Å². The summed E-state index contributed by atoms with van der Waals surface area (Å²) < 4.78 is 20.3. The van der Waals surface area contributed by atoms with Gasteiger partial charge in [-0.3, -0.25) is 4.79 Å². The number of rotatable bonds is 6. The maximum Gasteiger partial charge on any atom is 0.494 e. The predicted octanol–water partition coefficient (Wildman–Crippen LogP) is 4.59. The zero-order chi connectivity index (χ0) is 21.5. The number of ether oxygens (including phenoxy) is 1. The Morgan fingerprint density at radius 2 is 1.90 bits per heavy atom. The van der Waals surface area contributed by atoms with E-state index in [0.717, 1.165) is 48.7 Å². The van der Waals surface area contributed by atoms with E-state index in [1.807, 2.05) is 29.0 Å². The molecular weight excluding hydrogens is 377 g/mol. The molecule has 1 aliphatic carbocycles. The zero-order valence-corrected chi connectivity index (χ0v) is 19.0. The van der Waals surface area contributed by atoms with Crippen LogP contribution >= 0.6 is 0 Å². The van der Waals surface area contributed by atoms with Gasteiger partial charge in [-0.2, -0.15) is 0 Å². The summed E-state index contributed by atoms with van der Waals surface area (Å²) in [6.07, 6.45) is 9.49. The average molecular weight is 411 g/mol. The van der Waals surface area contributed by atoms with Gasteiger partial charge in [-0.05, 0) is 51.6 Å². The third kappa shape index (κ3) is 3.58. The van der Waals surface area contributed by atoms with Crippen molar-refractivity contribution in [3.05, 3.63) is 34.7 Å². The minimum atomic E-state index is -0.475. The highest BCUT2D eigenvalue weighted by atomic mass is 16.7. The summed E-state index contributed by atoms with van der Waals surface area (Å²) in [6, 6.07) is 6.16. The summed E-state index contributed by atoms with van der Waals surface area (Å²) >= 11 is 0. The Kier molecular flexibility index (Phi) is 5.75. The molecule has 5 nitrogen and oxygen atoms in total. The van der Waals surface area contributed by atoms with Gasteiger partial charge in [-0.1, -0.05) is 44.7 Å². The van der Waals surface area contributed by atoms with Crippen molar-refractivity contribution in [2.24, 2.45) is 0 Å². The number of fused-ring (bicyclic) bond motifs is 1. The van der Waals surface area contributed by atoms with Crippen LogP contribution in [0.1, 0.15) is 78.7 Å². The zero-order valence-electron chi connectivity index (χ0n) is 19.0. The van der Waals surface area contributed by atoms with Crippen LogP contribution in [0.3, 0.4) is 0 Å². The first kappa shape index (κ1) is 21.4. The number of hydrogen-bond donors (Lipinski definition) is 0. The van der Waals surface area contributed by atoms with E-state index in [2.05, 4.69) is 27.7 Å². The molecule has 2 fully saturated rings. The third-order valence-electron chi connectivity index (χ3n) is 7.29. The second kappa shape index (κ2) is 8.05. The van der Waals surface area contributed by atoms with Gasteiger partial charge >= 0.3 is 7.12 Å². The average Bonchev–Trinajstić information content (AvgIpc) is 3.33. The monoisotopic (exact) mass is 411 g/mol. The second-order valence-electron chi connectivity index (χ2n) is 9.57. The van der Waals surface area contributed by atoms with Crippen molar-refractivity contribution in [1.29, 1.82) is 0 Å². The molecule has 0 spiro atoms. The van der Waals surface area contributed by atoms with E-state index in [4.69, 9.17) is 14.0 Å². The van der Waals surface area contributed by atoms with Crippen LogP contribution in [-0.2, 0) is 9.31 Å². The highest BCUT2D eigenvalue weighted by molar-refractivity contribution is 6.62. The molecule has 1 aliphatic heterocycles. The maximum atomic E-state index is 13.4. The van der Waals surface area contributed by atoms with Crippen molar-refractivity contribution in [3.63, 3.8) is 0 Å². The van der Waals surface area contributed by atoms with Crippen molar-refractivity contribution in [3.8, 4) is 5.75 Å². The molecule has 0 amide bonds. The van der Waals surface area contributed by atoms with Gasteiger partial charge in [-0.15, -0.1) is 0 Å². The standard InChI is InChI=1S/C24H34BNO4/c1-6-7-14-24(4)23(2,3)29-25(30-24)17-12-13-19-20(15-17)22(27)26(16-21(19)28-5)18-10-8-9-11-18/h12-13,15-16,18H,6-11,14H2,1-5H3. The van der Waals surface area contributed by atoms with Crippen LogP contribution in [0.4, 0.5) is 0 Å². The fourth-order valence-electron chi connectivity index (χ4n) is 4.91. The van der Waals surface area contributed by atoms with E-state index in [1.165, 1.54) is 12.8 Å². The number of aromatic nitrogens is 1. The molecule has 4 rings (SSSR count). The van der Waals surface area contributed by atoms with Crippen LogP contribution in [0.5, 0.6) is 5.75 Å². The molecule has 30 heavy (non-hydrogen) atoms. The van der Waals surface area contributed by atoms with Gasteiger partial charge in [0.15, 0.2) is 0 Å². The number of benzene rings is 1. The van der Waals surface area contributed by atoms with Crippen molar-refractivity contribution in [1.82, 2.24) is 4.57 Å². The fourth-order valence-corrected chi connectivity index (χ4v) is 4.91. The van der Waals surface area contributed by atoms with Crippen LogP contribution in [0.25, 0.3) is 10.8 Å². The molecular formula is C24H34BNO4. The molecule has 162 valence electrons. The SMILES string of the molecule is CCCCC1(C)OB(c2ccc3c(OC)cn(C4CCCC4)c(=O)c3c2)OC1(C)C. The molecule has 2 aliphatic rings. The summed E-state index contributed by atoms with van der Waals surface area (Å²) in [5, 5.41) is 1.51. The fraction of sp³-hybridized carbons (Fsp3) is 0.625. The number of unbranched alkanes of at least 4 members (excludes halogenated alkanes) is 1. The molecule has 2 heterocycles. The Morgan fingerprint density at radius 1 is 1.17 bits per heavy atom. The lowest BCUT2D eigenvalue weighted by molar-refractivity contribution is -0.0169. The van der Waals surface area contributed by atoms with Gasteiger partial charge in [0.25, 0.3) is 5.56 Å². The first-order valence-corrected chi connectivity index (χ1v) is 11.4. The third-order valence-corrected chi connectivity index (χ3v) is 7.29. The first-order chi connectivity index (χ1) is 14.3. The molecule has 1 saturated carbocycles. The summed E-state index contributed by atoms with van der Waals surface area (Å²) in [4.78, 5) is 13.4. The lowest BCUT2D eigenvalue weighted by atomic mass is 9.78. The summed E-state index contributed by atoms with van der Waals surface area (Å²) in [7, 11) is 1.19. The minimum absolute atomic E-state index is 0.0468. The molecule has 0 bridgehead atoms. The molecule has 2 aromatic rings. The normalized spacial score (nSPS) is 24.1. The minimum Gasteiger partial charge on any atom is -0.495 e. The summed E-state index contributed by atoms with van der Waals surface area (Å²) in [5.41, 5.74) is 0.172. The maximum absolute atomic E-state index is 13.4. The van der Waals surface area contributed by atoms with E-state index in [9.17, 15) is 4.79 Å². The van der Waals surface area contributed by atoms with Crippen LogP contribution in [-0.4, -0.2) is 30.0 Å². The van der Waals surface area contributed by atoms with Crippen molar-refractivity contribution in [2.75, 3.05) is 7.11 Å². The van der Waals surface area contributed by atoms with Gasteiger partial charge < -0.3 is 18.6 Å². The highest BCUT2D eigenvalue weighted by Crippen LogP contribution is 2.41. The lowest BCUT2D eigenvalue weighted by Gasteiger charge is -2.36. The van der Waals surface area contributed by atoms with E-state index < -0.39 is 12.7 Å². The Hall–Kier alpha value is -1.79. The number of methoxy groups -OCH3 is 1. The Labute approximate surface area is 179 Å². The van der Waals surface area contributed by atoms with Gasteiger partial charge in [0.2, 0.25) is 0 Å². The van der Waals surface area contributed by atoms with Gasteiger partial charge in [0.1, 0.15) is 5.75 Å². The Morgan fingerprint density at radius 3 is 2.57 bits per heavy atom. The molecule has 0 radical (unpaired) electrons. The molecule has 1 aromatic heterocycles. The van der Waals surface area contributed by atoms with E-state index in [0.29, 0.717) is 5.39 Å². The summed E-state index contributed by atoms with van der Waals surface area (Å²) in [6.45, 7) is 8.52. The molecule has 1 saturated heterocycles. The van der Waals surface area contributed by atoms with Crippen LogP contribution < -0.4 is 15.8 Å². The van der Waals surface area contributed by atoms with Crippen LogP contribution in [0.15, 0.2) is 29.2 Å². The molecule has 1 atom stereocenters. The first-order valence-electron chi connectivity index (χ1n) is 11.4. The molecule has 1 aromatic carbocycles. The quantitative estimate of drug-likeness (QED) is 0.653. The van der Waals surface area contributed by atoms with Gasteiger partial charge in [0.05, 0.1) is 29.9 Å². The largest absolute Gasteiger partial charge is 0.495 e. The molecule has 1 unspecified atom stereocenters. The highest BCUT2D eigenvalue weighted by Gasteiger charge is 2.54. The van der Waals surface area contributed by atoms with Gasteiger partial charge in [-0.25, -0.2) is 0 Å². The number of pyridine rings is 1. The molecule has 0 N–H and O–H groups in total. The van der Waals surface area contributed by atoms with E-state index in [1.54, 1.807) is 7.11 Å². The van der Waals surface area contributed by atoms with Crippen molar-refractivity contribution in [2.45, 2.75) is 89.9 Å². The van der Waals surface area contributed by atoms with E-state index >= 15 is 0 Å². The number of nitrogens with zero attached hydrogens (tertiary/aromatic N) is 1. The lowest BCUT2D eigenvalue weighted by Crippen LogP contribution is -2.44. The van der Waals surface area contributed by atoms with Crippen molar-refractivity contribution >= 4 is 23.4 Å². The predicted molar refractivity (Wildman–Crippen MR) is 122 cm³/mol. The van der Waals surface area contributed by atoms with Crippen molar-refractivity contribution < 1.29 is 14.0 Å². The smallest absolute Gasteiger partial charge is 0.494 e. The van der Waals surface area contributed by atoms with Crippen LogP contribution in [0, 0.1) is 0 Å². The number of hydrogen-bond acceptors (Lipinski definition) is 4. The molecule has 6 heteroatoms. The van der Waals surface area contributed by atoms with Gasteiger partial charge in [0, 0.05) is 11.4 Å². The Balaban J connectivity index is 1.74. The van der Waals surface area contributed by atoms with Crippen LogP contribution in [0.2, 0.25) is 0 Å². The summed E-state index contributed by atoms with van der Waals surface area (Å²) in [5.74, 6) is 0.740. The second-order valence-corrected chi connectivity index (χ2v) is 9.57. The Bertz CT molecular complexity index is 979.